The summed E-state index contributed by atoms with van der Waals surface area (Å²) in [5.74, 6) is -1.46. The van der Waals surface area contributed by atoms with Crippen LogP contribution >= 0.6 is 0 Å². The van der Waals surface area contributed by atoms with Gasteiger partial charge in [0.2, 0.25) is 5.91 Å². The molecule has 0 atom stereocenters. The van der Waals surface area contributed by atoms with E-state index in [0.717, 1.165) is 6.08 Å². The monoisotopic (exact) mass is 186 g/mol. The molecular formula is C8H14N2O3. The molecule has 0 rings (SSSR count). The highest BCUT2D eigenvalue weighted by molar-refractivity contribution is 5.85. The van der Waals surface area contributed by atoms with Gasteiger partial charge in [-0.25, -0.2) is 4.79 Å². The zero-order valence-corrected chi connectivity index (χ0v) is 7.78. The van der Waals surface area contributed by atoms with Crippen LogP contribution in [0, 0.1) is 0 Å². The zero-order chi connectivity index (χ0) is 11.0. The van der Waals surface area contributed by atoms with Gasteiger partial charge in [-0.1, -0.05) is 13.2 Å². The first-order chi connectivity index (χ1) is 5.82. The minimum atomic E-state index is -0.977. The predicted molar refractivity (Wildman–Crippen MR) is 49.9 cm³/mol. The molecule has 1 amide bonds. The Hall–Kier alpha value is -1.78. The van der Waals surface area contributed by atoms with Crippen LogP contribution in [0.2, 0.25) is 0 Å². The number of hydrogen-bond donors (Lipinski definition) is 2. The highest BCUT2D eigenvalue weighted by atomic mass is 16.4. The predicted octanol–water partition coefficient (Wildman–Crippen LogP) is -0.196. The van der Waals surface area contributed by atoms with E-state index < -0.39 is 11.9 Å². The highest BCUT2D eigenvalue weighted by Crippen LogP contribution is 1.91. The lowest BCUT2D eigenvalue weighted by Crippen LogP contribution is -2.17. The number of primary amides is 1. The van der Waals surface area contributed by atoms with Crippen LogP contribution in [0.1, 0.15) is 0 Å². The fourth-order valence-electron chi connectivity index (χ4n) is 0.191. The average molecular weight is 186 g/mol. The second kappa shape index (κ2) is 6.90. The molecule has 0 unspecified atom stereocenters. The number of nitrogens with zero attached hydrogens (tertiary/aromatic N) is 1. The third-order valence-electron chi connectivity index (χ3n) is 0.988. The molecule has 0 fully saturated rings. The lowest BCUT2D eigenvalue weighted by molar-refractivity contribution is -0.134. The number of hydrogen-bond acceptors (Lipinski definition) is 3. The van der Waals surface area contributed by atoms with Crippen LogP contribution in [0.4, 0.5) is 0 Å². The Morgan fingerprint density at radius 1 is 1.46 bits per heavy atom. The molecule has 5 nitrogen and oxygen atoms in total. The topological polar surface area (TPSA) is 83.6 Å². The standard InChI is InChI=1S/C5H9NO2.C3H5NO/c1-4(5(7)8)6(2)3;1-2-3(4)5/h1H2,2-3H3,(H,7,8);2H,1H2,(H2,4,5). The van der Waals surface area contributed by atoms with Gasteiger partial charge in [-0.3, -0.25) is 4.79 Å². The average Bonchev–Trinajstić information content (AvgIpc) is 2.03. The van der Waals surface area contributed by atoms with E-state index in [4.69, 9.17) is 5.11 Å². The van der Waals surface area contributed by atoms with Crippen molar-refractivity contribution in [2.75, 3.05) is 14.1 Å². The number of amides is 1. The Kier molecular flexibility index (Phi) is 7.32. The van der Waals surface area contributed by atoms with E-state index in [1.165, 1.54) is 4.90 Å². The van der Waals surface area contributed by atoms with Gasteiger partial charge in [-0.15, -0.1) is 0 Å². The normalized spacial score (nSPS) is 7.54. The smallest absolute Gasteiger partial charge is 0.351 e. The van der Waals surface area contributed by atoms with Gasteiger partial charge in [0.15, 0.2) is 0 Å². The number of carbonyl (C=O) groups excluding carboxylic acids is 1. The number of carboxylic acid groups (broad SMARTS) is 1. The summed E-state index contributed by atoms with van der Waals surface area (Å²) in [6.45, 7) is 6.37. The van der Waals surface area contributed by atoms with E-state index in [0.29, 0.717) is 0 Å². The number of carbonyl (C=O) groups is 2. The molecule has 74 valence electrons. The Morgan fingerprint density at radius 2 is 1.77 bits per heavy atom. The highest BCUT2D eigenvalue weighted by Gasteiger charge is 2.02. The van der Waals surface area contributed by atoms with Crippen LogP contribution in [-0.4, -0.2) is 36.0 Å². The van der Waals surface area contributed by atoms with E-state index in [1.807, 2.05) is 0 Å². The van der Waals surface area contributed by atoms with Crippen molar-refractivity contribution in [1.29, 1.82) is 0 Å². The molecule has 0 aliphatic heterocycles. The molecule has 0 aliphatic rings. The molecule has 0 aliphatic carbocycles. The molecule has 0 aromatic carbocycles. The molecule has 0 spiro atoms. The van der Waals surface area contributed by atoms with Gasteiger partial charge in [0, 0.05) is 14.1 Å². The molecule has 5 heteroatoms. The van der Waals surface area contributed by atoms with Crippen molar-refractivity contribution in [3.63, 3.8) is 0 Å². The van der Waals surface area contributed by atoms with E-state index in [1.54, 1.807) is 14.1 Å². The van der Waals surface area contributed by atoms with Crippen molar-refractivity contribution in [2.45, 2.75) is 0 Å². The van der Waals surface area contributed by atoms with Crippen LogP contribution in [0.15, 0.2) is 24.9 Å². The third-order valence-corrected chi connectivity index (χ3v) is 0.988. The first-order valence-corrected chi connectivity index (χ1v) is 3.34. The zero-order valence-electron chi connectivity index (χ0n) is 7.78. The second-order valence-corrected chi connectivity index (χ2v) is 2.25. The van der Waals surface area contributed by atoms with Crippen molar-refractivity contribution in [3.8, 4) is 0 Å². The van der Waals surface area contributed by atoms with Crippen LogP contribution in [0.3, 0.4) is 0 Å². The molecule has 13 heavy (non-hydrogen) atoms. The van der Waals surface area contributed by atoms with Crippen molar-refractivity contribution < 1.29 is 14.7 Å². The maximum absolute atomic E-state index is 10.00. The number of likely N-dealkylation sites (N-methyl/N-ethyl adjacent to an activating group) is 1. The minimum absolute atomic E-state index is 0.102. The molecular weight excluding hydrogens is 172 g/mol. The van der Waals surface area contributed by atoms with Gasteiger partial charge in [0.1, 0.15) is 5.70 Å². The van der Waals surface area contributed by atoms with Gasteiger partial charge in [-0.2, -0.15) is 0 Å². The summed E-state index contributed by atoms with van der Waals surface area (Å²) in [5, 5.41) is 8.21. The van der Waals surface area contributed by atoms with Crippen LogP contribution in [0.25, 0.3) is 0 Å². The van der Waals surface area contributed by atoms with E-state index in [-0.39, 0.29) is 5.70 Å². The largest absolute Gasteiger partial charge is 0.477 e. The fourth-order valence-corrected chi connectivity index (χ4v) is 0.191. The quantitative estimate of drug-likeness (QED) is 0.598. The summed E-state index contributed by atoms with van der Waals surface area (Å²) < 4.78 is 0. The first kappa shape index (κ1) is 13.8. The molecule has 0 bridgehead atoms. The number of nitrogens with two attached hydrogens (primary N) is 1. The maximum Gasteiger partial charge on any atom is 0.351 e. The fraction of sp³-hybridized carbons (Fsp3) is 0.250. The lowest BCUT2D eigenvalue weighted by Gasteiger charge is -2.09. The summed E-state index contributed by atoms with van der Waals surface area (Å²) in [6, 6.07) is 0. The maximum atomic E-state index is 10.00. The number of rotatable bonds is 3. The van der Waals surface area contributed by atoms with Gasteiger partial charge in [0.25, 0.3) is 0 Å². The van der Waals surface area contributed by atoms with E-state index in [2.05, 4.69) is 18.9 Å². The van der Waals surface area contributed by atoms with Gasteiger partial charge in [0.05, 0.1) is 0 Å². The Balaban J connectivity index is 0. The number of aliphatic carboxylic acids is 1. The van der Waals surface area contributed by atoms with E-state index >= 15 is 0 Å². The van der Waals surface area contributed by atoms with Gasteiger partial charge < -0.3 is 15.7 Å². The SMILES string of the molecule is C=C(C(=O)O)N(C)C.C=CC(N)=O. The summed E-state index contributed by atoms with van der Waals surface area (Å²) in [4.78, 5) is 20.9. The third kappa shape index (κ3) is 10.2. The van der Waals surface area contributed by atoms with Crippen LogP contribution < -0.4 is 5.73 Å². The molecule has 0 aromatic rings. The summed E-state index contributed by atoms with van der Waals surface area (Å²) in [6.07, 6.45) is 1.06. The molecule has 0 radical (unpaired) electrons. The molecule has 0 saturated heterocycles. The van der Waals surface area contributed by atoms with Crippen molar-refractivity contribution in [3.05, 3.63) is 24.9 Å². The Bertz CT molecular complexity index is 221. The number of carboxylic acids is 1. The van der Waals surface area contributed by atoms with E-state index in [9.17, 15) is 9.59 Å². The second-order valence-electron chi connectivity index (χ2n) is 2.25. The molecule has 0 heterocycles. The van der Waals surface area contributed by atoms with Gasteiger partial charge >= 0.3 is 5.97 Å². The van der Waals surface area contributed by atoms with Crippen molar-refractivity contribution in [1.82, 2.24) is 4.90 Å². The van der Waals surface area contributed by atoms with Gasteiger partial charge in [-0.05, 0) is 6.08 Å². The molecule has 3 N–H and O–H groups in total. The first-order valence-electron chi connectivity index (χ1n) is 3.34. The molecule has 0 aromatic heterocycles. The van der Waals surface area contributed by atoms with Crippen LogP contribution in [0.5, 0.6) is 0 Å². The van der Waals surface area contributed by atoms with Crippen molar-refractivity contribution >= 4 is 11.9 Å². The summed E-state index contributed by atoms with van der Waals surface area (Å²) in [7, 11) is 3.27. The van der Waals surface area contributed by atoms with Crippen molar-refractivity contribution in [2.24, 2.45) is 5.73 Å². The minimum Gasteiger partial charge on any atom is -0.477 e. The lowest BCUT2D eigenvalue weighted by atomic mass is 10.5. The summed E-state index contributed by atoms with van der Waals surface area (Å²) in [5.41, 5.74) is 4.64. The Morgan fingerprint density at radius 3 is 1.77 bits per heavy atom. The summed E-state index contributed by atoms with van der Waals surface area (Å²) >= 11 is 0. The molecule has 0 saturated carbocycles. The Labute approximate surface area is 77.1 Å². The van der Waals surface area contributed by atoms with Crippen LogP contribution in [-0.2, 0) is 9.59 Å².